The van der Waals surface area contributed by atoms with Crippen LogP contribution in [0.15, 0.2) is 48.1 Å². The molecule has 1 amide bonds. The summed E-state index contributed by atoms with van der Waals surface area (Å²) in [6.45, 7) is 3.92. The van der Waals surface area contributed by atoms with Crippen LogP contribution in [0.3, 0.4) is 0 Å². The lowest BCUT2D eigenvalue weighted by Gasteiger charge is -2.15. The second-order valence-corrected chi connectivity index (χ2v) is 6.43. The molecular weight excluding hydrogens is 308 g/mol. The summed E-state index contributed by atoms with van der Waals surface area (Å²) in [4.78, 5) is 16.5. The SMILES string of the molecule is Cc1nc(CC(=O)NC(C)c2cccc(-n3cccn3)c2)cs1. The van der Waals surface area contributed by atoms with Crippen molar-refractivity contribution in [3.63, 3.8) is 0 Å². The van der Waals surface area contributed by atoms with Gasteiger partial charge < -0.3 is 5.32 Å². The third-order valence-electron chi connectivity index (χ3n) is 3.52. The van der Waals surface area contributed by atoms with Gasteiger partial charge >= 0.3 is 0 Å². The molecule has 0 bridgehead atoms. The van der Waals surface area contributed by atoms with E-state index in [1.807, 2.05) is 55.8 Å². The minimum Gasteiger partial charge on any atom is -0.349 e. The molecule has 0 aliphatic carbocycles. The van der Waals surface area contributed by atoms with Crippen molar-refractivity contribution in [1.82, 2.24) is 20.1 Å². The highest BCUT2D eigenvalue weighted by atomic mass is 32.1. The van der Waals surface area contributed by atoms with Gasteiger partial charge in [-0.2, -0.15) is 5.10 Å². The van der Waals surface area contributed by atoms with Crippen LogP contribution in [0.4, 0.5) is 0 Å². The molecule has 0 saturated carbocycles. The van der Waals surface area contributed by atoms with Crippen molar-refractivity contribution >= 4 is 17.2 Å². The topological polar surface area (TPSA) is 59.8 Å². The van der Waals surface area contributed by atoms with Gasteiger partial charge in [0.05, 0.1) is 28.9 Å². The third-order valence-corrected chi connectivity index (χ3v) is 4.35. The van der Waals surface area contributed by atoms with E-state index in [4.69, 9.17) is 0 Å². The molecular formula is C17H18N4OS. The first-order chi connectivity index (χ1) is 11.1. The number of amides is 1. The normalized spacial score (nSPS) is 12.1. The number of nitrogens with one attached hydrogen (secondary N) is 1. The van der Waals surface area contributed by atoms with E-state index in [9.17, 15) is 4.79 Å². The van der Waals surface area contributed by atoms with Crippen LogP contribution in [0.25, 0.3) is 5.69 Å². The fourth-order valence-corrected chi connectivity index (χ4v) is 3.00. The summed E-state index contributed by atoms with van der Waals surface area (Å²) in [5.74, 6) is -0.0210. The van der Waals surface area contributed by atoms with E-state index in [1.165, 1.54) is 0 Å². The fraction of sp³-hybridized carbons (Fsp3) is 0.235. The van der Waals surface area contributed by atoms with Crippen LogP contribution in [-0.2, 0) is 11.2 Å². The van der Waals surface area contributed by atoms with E-state index in [0.29, 0.717) is 6.42 Å². The van der Waals surface area contributed by atoms with E-state index in [0.717, 1.165) is 22.0 Å². The number of rotatable bonds is 5. The zero-order valence-electron chi connectivity index (χ0n) is 13.1. The largest absolute Gasteiger partial charge is 0.349 e. The van der Waals surface area contributed by atoms with Crippen LogP contribution in [0.1, 0.15) is 29.2 Å². The number of benzene rings is 1. The van der Waals surface area contributed by atoms with Crippen LogP contribution < -0.4 is 5.32 Å². The molecule has 1 N–H and O–H groups in total. The van der Waals surface area contributed by atoms with E-state index in [2.05, 4.69) is 15.4 Å². The molecule has 1 unspecified atom stereocenters. The number of aromatic nitrogens is 3. The van der Waals surface area contributed by atoms with Crippen molar-refractivity contribution in [3.8, 4) is 5.69 Å². The molecule has 0 spiro atoms. The van der Waals surface area contributed by atoms with Crippen molar-refractivity contribution in [2.45, 2.75) is 26.3 Å². The number of carbonyl (C=O) groups is 1. The second-order valence-electron chi connectivity index (χ2n) is 5.37. The van der Waals surface area contributed by atoms with Crippen molar-refractivity contribution in [1.29, 1.82) is 0 Å². The maximum atomic E-state index is 12.2. The highest BCUT2D eigenvalue weighted by Gasteiger charge is 2.12. The van der Waals surface area contributed by atoms with Gasteiger partial charge in [-0.1, -0.05) is 12.1 Å². The van der Waals surface area contributed by atoms with Crippen molar-refractivity contribution in [2.24, 2.45) is 0 Å². The molecule has 0 saturated heterocycles. The molecule has 2 aromatic heterocycles. The molecule has 3 aromatic rings. The van der Waals surface area contributed by atoms with Gasteiger partial charge in [-0.25, -0.2) is 9.67 Å². The number of hydrogen-bond donors (Lipinski definition) is 1. The Morgan fingerprint density at radius 1 is 1.39 bits per heavy atom. The van der Waals surface area contributed by atoms with Crippen LogP contribution in [-0.4, -0.2) is 20.7 Å². The summed E-state index contributed by atoms with van der Waals surface area (Å²) in [5.41, 5.74) is 2.84. The first kappa shape index (κ1) is 15.4. The number of thiazole rings is 1. The van der Waals surface area contributed by atoms with E-state index in [1.54, 1.807) is 22.2 Å². The molecule has 0 aliphatic rings. The van der Waals surface area contributed by atoms with Gasteiger partial charge in [-0.15, -0.1) is 11.3 Å². The Balaban J connectivity index is 1.67. The highest BCUT2D eigenvalue weighted by molar-refractivity contribution is 7.09. The number of nitrogens with zero attached hydrogens (tertiary/aromatic N) is 3. The predicted molar refractivity (Wildman–Crippen MR) is 90.7 cm³/mol. The fourth-order valence-electron chi connectivity index (χ4n) is 2.39. The van der Waals surface area contributed by atoms with Crippen LogP contribution in [0, 0.1) is 6.92 Å². The first-order valence-corrected chi connectivity index (χ1v) is 8.30. The summed E-state index contributed by atoms with van der Waals surface area (Å²) in [7, 11) is 0. The maximum Gasteiger partial charge on any atom is 0.226 e. The molecule has 23 heavy (non-hydrogen) atoms. The predicted octanol–water partition coefficient (Wildman–Crippen LogP) is 3.06. The van der Waals surface area contributed by atoms with E-state index < -0.39 is 0 Å². The van der Waals surface area contributed by atoms with E-state index in [-0.39, 0.29) is 11.9 Å². The lowest BCUT2D eigenvalue weighted by Crippen LogP contribution is -2.28. The van der Waals surface area contributed by atoms with Crippen LogP contribution >= 0.6 is 11.3 Å². The first-order valence-electron chi connectivity index (χ1n) is 7.42. The average Bonchev–Trinajstić information content (AvgIpc) is 3.19. The number of hydrogen-bond acceptors (Lipinski definition) is 4. The van der Waals surface area contributed by atoms with Gasteiger partial charge in [-0.05, 0) is 37.6 Å². The minimum absolute atomic E-state index is 0.0210. The Labute approximate surface area is 139 Å². The van der Waals surface area contributed by atoms with Crippen molar-refractivity contribution in [2.75, 3.05) is 0 Å². The Kier molecular flexibility index (Phi) is 4.52. The molecule has 2 heterocycles. The quantitative estimate of drug-likeness (QED) is 0.784. The Hall–Kier alpha value is -2.47. The van der Waals surface area contributed by atoms with E-state index >= 15 is 0 Å². The molecule has 1 atom stereocenters. The molecule has 5 nitrogen and oxygen atoms in total. The second kappa shape index (κ2) is 6.75. The molecule has 0 radical (unpaired) electrons. The van der Waals surface area contributed by atoms with Gasteiger partial charge in [0, 0.05) is 17.8 Å². The summed E-state index contributed by atoms with van der Waals surface area (Å²) in [6, 6.07) is 9.81. The molecule has 3 rings (SSSR count). The summed E-state index contributed by atoms with van der Waals surface area (Å²) in [5, 5.41) is 10.2. The molecule has 118 valence electrons. The van der Waals surface area contributed by atoms with Crippen molar-refractivity contribution in [3.05, 3.63) is 64.4 Å². The number of carbonyl (C=O) groups excluding carboxylic acids is 1. The van der Waals surface area contributed by atoms with Crippen molar-refractivity contribution < 1.29 is 4.79 Å². The smallest absolute Gasteiger partial charge is 0.226 e. The number of aryl methyl sites for hydroxylation is 1. The summed E-state index contributed by atoms with van der Waals surface area (Å²) in [6.07, 6.45) is 3.95. The summed E-state index contributed by atoms with van der Waals surface area (Å²) < 4.78 is 1.80. The van der Waals surface area contributed by atoms with Gasteiger partial charge in [0.25, 0.3) is 0 Å². The molecule has 1 aromatic carbocycles. The lowest BCUT2D eigenvalue weighted by molar-refractivity contribution is -0.121. The monoisotopic (exact) mass is 326 g/mol. The van der Waals surface area contributed by atoms with Gasteiger partial charge in [0.1, 0.15) is 0 Å². The van der Waals surface area contributed by atoms with Crippen LogP contribution in [0.5, 0.6) is 0 Å². The minimum atomic E-state index is -0.0715. The Morgan fingerprint density at radius 3 is 2.96 bits per heavy atom. The zero-order valence-corrected chi connectivity index (χ0v) is 13.9. The molecule has 0 fully saturated rings. The molecule has 0 aliphatic heterocycles. The third kappa shape index (κ3) is 3.84. The maximum absolute atomic E-state index is 12.2. The standard InChI is InChI=1S/C17H18N4OS/c1-12(19-17(22)10-15-11-23-13(2)20-15)14-5-3-6-16(9-14)21-8-4-7-18-21/h3-9,11-12H,10H2,1-2H3,(H,19,22). The van der Waals surface area contributed by atoms with Gasteiger partial charge in [-0.3, -0.25) is 4.79 Å². The lowest BCUT2D eigenvalue weighted by atomic mass is 10.1. The average molecular weight is 326 g/mol. The molecule has 6 heteroatoms. The zero-order chi connectivity index (χ0) is 16.2. The Morgan fingerprint density at radius 2 is 2.26 bits per heavy atom. The Bertz CT molecular complexity index is 795. The van der Waals surface area contributed by atoms with Gasteiger partial charge in [0.2, 0.25) is 5.91 Å². The summed E-state index contributed by atoms with van der Waals surface area (Å²) >= 11 is 1.56. The van der Waals surface area contributed by atoms with Crippen LogP contribution in [0.2, 0.25) is 0 Å². The van der Waals surface area contributed by atoms with Gasteiger partial charge in [0.15, 0.2) is 0 Å². The highest BCUT2D eigenvalue weighted by Crippen LogP contribution is 2.17.